The number of ether oxygens (including phenoxy) is 1. The second kappa shape index (κ2) is 6.99. The lowest BCUT2D eigenvalue weighted by Crippen LogP contribution is -2.51. The first-order chi connectivity index (χ1) is 13.9. The van der Waals surface area contributed by atoms with Gasteiger partial charge in [0.15, 0.2) is 0 Å². The van der Waals surface area contributed by atoms with E-state index < -0.39 is 0 Å². The molecule has 0 unspecified atom stereocenters. The molecule has 29 heavy (non-hydrogen) atoms. The molecule has 4 fully saturated rings. The molecule has 0 bridgehead atoms. The minimum Gasteiger partial charge on any atom is -0.490 e. The Kier molecular flexibility index (Phi) is 4.67. The molecule has 158 valence electrons. The number of nitrogens with zero attached hydrogens (tertiary/aromatic N) is 1. The summed E-state index contributed by atoms with van der Waals surface area (Å²) in [6, 6.07) is 6.64. The number of hydrogen-bond donors (Lipinski definition) is 0. The Bertz CT molecular complexity index is 777. The van der Waals surface area contributed by atoms with Crippen LogP contribution >= 0.6 is 0 Å². The van der Waals surface area contributed by atoms with Gasteiger partial charge in [-0.25, -0.2) is 0 Å². The van der Waals surface area contributed by atoms with Gasteiger partial charge in [-0.2, -0.15) is 0 Å². The van der Waals surface area contributed by atoms with Crippen molar-refractivity contribution < 1.29 is 9.66 Å². The molecule has 4 aliphatic rings. The van der Waals surface area contributed by atoms with Gasteiger partial charge in [0.1, 0.15) is 5.75 Å². The summed E-state index contributed by atoms with van der Waals surface area (Å²) < 4.78 is 6.36. The zero-order valence-corrected chi connectivity index (χ0v) is 17.9. The van der Waals surface area contributed by atoms with Gasteiger partial charge in [0.2, 0.25) is 0 Å². The van der Waals surface area contributed by atoms with Gasteiger partial charge in [0.05, 0.1) is 11.0 Å². The molecule has 0 amide bonds. The van der Waals surface area contributed by atoms with Crippen molar-refractivity contribution in [1.29, 1.82) is 0 Å². The molecule has 0 radical (unpaired) electrons. The molecule has 7 atom stereocenters. The van der Waals surface area contributed by atoms with Gasteiger partial charge >= 0.3 is 0 Å². The molecule has 4 saturated carbocycles. The molecular formula is C25H35NO3. The van der Waals surface area contributed by atoms with Crippen molar-refractivity contribution in [3.63, 3.8) is 0 Å². The fourth-order valence-corrected chi connectivity index (χ4v) is 8.22. The van der Waals surface area contributed by atoms with Crippen molar-refractivity contribution >= 4 is 5.69 Å². The molecule has 0 heterocycles. The Balaban J connectivity index is 1.32. The van der Waals surface area contributed by atoms with Gasteiger partial charge < -0.3 is 4.74 Å². The largest absolute Gasteiger partial charge is 0.490 e. The fraction of sp³-hybridized carbons (Fsp3) is 0.760. The molecule has 0 saturated heterocycles. The smallest absolute Gasteiger partial charge is 0.269 e. The maximum absolute atomic E-state index is 10.9. The van der Waals surface area contributed by atoms with Gasteiger partial charge in [-0.05, 0) is 98.0 Å². The van der Waals surface area contributed by atoms with Crippen LogP contribution in [0.1, 0.15) is 78.1 Å². The van der Waals surface area contributed by atoms with Gasteiger partial charge in [-0.1, -0.05) is 26.7 Å². The second-order valence-electron chi connectivity index (χ2n) is 11.0. The van der Waals surface area contributed by atoms with E-state index in [1.54, 1.807) is 24.3 Å². The van der Waals surface area contributed by atoms with E-state index in [-0.39, 0.29) is 16.7 Å². The fourth-order valence-electron chi connectivity index (χ4n) is 8.22. The average Bonchev–Trinajstić information content (AvgIpc) is 3.04. The lowest BCUT2D eigenvalue weighted by atomic mass is 9.45. The molecule has 4 heteroatoms. The Labute approximate surface area is 174 Å². The van der Waals surface area contributed by atoms with Crippen LogP contribution in [0.5, 0.6) is 5.75 Å². The van der Waals surface area contributed by atoms with E-state index in [0.717, 1.165) is 42.3 Å². The van der Waals surface area contributed by atoms with E-state index in [2.05, 4.69) is 13.8 Å². The van der Waals surface area contributed by atoms with Gasteiger partial charge in [0, 0.05) is 12.1 Å². The number of rotatable bonds is 3. The number of non-ortho nitro benzene ring substituents is 1. The van der Waals surface area contributed by atoms with E-state index in [1.807, 2.05) is 0 Å². The highest BCUT2D eigenvalue weighted by atomic mass is 16.6. The van der Waals surface area contributed by atoms with E-state index in [0.29, 0.717) is 10.8 Å². The van der Waals surface area contributed by atoms with Crippen molar-refractivity contribution in [2.75, 3.05) is 0 Å². The Hall–Kier alpha value is -1.58. The van der Waals surface area contributed by atoms with Crippen molar-refractivity contribution in [2.45, 2.75) is 84.2 Å². The summed E-state index contributed by atoms with van der Waals surface area (Å²) in [6.45, 7) is 5.15. The molecule has 0 aromatic heterocycles. The minimum atomic E-state index is -0.350. The van der Waals surface area contributed by atoms with E-state index in [1.165, 1.54) is 51.4 Å². The van der Waals surface area contributed by atoms with Gasteiger partial charge in [-0.3, -0.25) is 10.1 Å². The van der Waals surface area contributed by atoms with Crippen molar-refractivity contribution in [1.82, 2.24) is 0 Å². The van der Waals surface area contributed by atoms with Crippen LogP contribution in [-0.4, -0.2) is 11.0 Å². The quantitative estimate of drug-likeness (QED) is 0.417. The molecule has 4 aliphatic carbocycles. The molecule has 0 spiro atoms. The monoisotopic (exact) mass is 397 g/mol. The topological polar surface area (TPSA) is 52.4 Å². The first kappa shape index (κ1) is 19.4. The van der Waals surface area contributed by atoms with E-state index in [9.17, 15) is 10.1 Å². The van der Waals surface area contributed by atoms with Crippen LogP contribution < -0.4 is 4.74 Å². The predicted molar refractivity (Wildman–Crippen MR) is 114 cm³/mol. The highest BCUT2D eigenvalue weighted by molar-refractivity contribution is 5.36. The summed E-state index contributed by atoms with van der Waals surface area (Å²) >= 11 is 0. The normalized spacial score (nSPS) is 43.7. The zero-order chi connectivity index (χ0) is 20.2. The van der Waals surface area contributed by atoms with Crippen LogP contribution in [0.25, 0.3) is 0 Å². The van der Waals surface area contributed by atoms with Crippen LogP contribution in [0, 0.1) is 44.6 Å². The summed E-state index contributed by atoms with van der Waals surface area (Å²) in [4.78, 5) is 10.5. The summed E-state index contributed by atoms with van der Waals surface area (Å²) in [5.41, 5.74) is 1.12. The number of hydrogen-bond acceptors (Lipinski definition) is 3. The van der Waals surface area contributed by atoms with Crippen LogP contribution in [0.2, 0.25) is 0 Å². The molecule has 5 rings (SSSR count). The maximum atomic E-state index is 10.9. The SMILES string of the molecule is C[C@]12CC[C@H]3[C@@H](CC[C@H]4CCCC[C@@]43C)[C@@H]1C[C@H](Oc1ccc([N+](=O)[O-])cc1)C2. The molecule has 0 N–H and O–H groups in total. The number of fused-ring (bicyclic) bond motifs is 5. The van der Waals surface area contributed by atoms with Gasteiger partial charge in [0.25, 0.3) is 5.69 Å². The zero-order valence-electron chi connectivity index (χ0n) is 17.9. The summed E-state index contributed by atoms with van der Waals surface area (Å²) in [5.74, 6) is 4.32. The maximum Gasteiger partial charge on any atom is 0.269 e. The minimum absolute atomic E-state index is 0.129. The van der Waals surface area contributed by atoms with Crippen LogP contribution in [0.4, 0.5) is 5.69 Å². The molecule has 4 nitrogen and oxygen atoms in total. The Morgan fingerprint density at radius 1 is 1.00 bits per heavy atom. The average molecular weight is 398 g/mol. The Morgan fingerprint density at radius 3 is 2.55 bits per heavy atom. The number of nitro benzene ring substituents is 1. The summed E-state index contributed by atoms with van der Waals surface area (Å²) in [7, 11) is 0. The van der Waals surface area contributed by atoms with Crippen molar-refractivity contribution in [3.05, 3.63) is 34.4 Å². The van der Waals surface area contributed by atoms with E-state index >= 15 is 0 Å². The molecular weight excluding hydrogens is 362 g/mol. The molecule has 0 aliphatic heterocycles. The lowest BCUT2D eigenvalue weighted by Gasteiger charge is -2.59. The molecule has 1 aromatic rings. The number of nitro groups is 1. The van der Waals surface area contributed by atoms with Crippen molar-refractivity contribution in [3.8, 4) is 5.75 Å². The van der Waals surface area contributed by atoms with Crippen LogP contribution in [0.15, 0.2) is 24.3 Å². The third-order valence-corrected chi connectivity index (χ3v) is 9.66. The van der Waals surface area contributed by atoms with E-state index in [4.69, 9.17) is 4.74 Å². The number of benzene rings is 1. The summed E-state index contributed by atoms with van der Waals surface area (Å²) in [5, 5.41) is 10.9. The first-order valence-corrected chi connectivity index (χ1v) is 11.8. The van der Waals surface area contributed by atoms with Crippen LogP contribution in [0.3, 0.4) is 0 Å². The second-order valence-corrected chi connectivity index (χ2v) is 11.0. The predicted octanol–water partition coefficient (Wildman–Crippen LogP) is 6.78. The highest BCUT2D eigenvalue weighted by Crippen LogP contribution is 2.66. The van der Waals surface area contributed by atoms with Crippen LogP contribution in [-0.2, 0) is 0 Å². The van der Waals surface area contributed by atoms with Gasteiger partial charge in [-0.15, -0.1) is 0 Å². The lowest BCUT2D eigenvalue weighted by molar-refractivity contribution is -0.384. The summed E-state index contributed by atoms with van der Waals surface area (Å²) in [6.07, 6.45) is 14.0. The highest BCUT2D eigenvalue weighted by Gasteiger charge is 2.59. The first-order valence-electron chi connectivity index (χ1n) is 11.8. The third-order valence-electron chi connectivity index (χ3n) is 9.66. The van der Waals surface area contributed by atoms with Crippen molar-refractivity contribution in [2.24, 2.45) is 34.5 Å². The Morgan fingerprint density at radius 2 is 1.79 bits per heavy atom. The third kappa shape index (κ3) is 3.18. The standard InChI is InChI=1S/C25H35NO3/c1-24-14-12-22-21(11-6-17-5-3-4-13-25(17,22)2)23(24)15-20(16-24)29-19-9-7-18(8-10-19)26(27)28/h7-10,17,20-23H,3-6,11-16H2,1-2H3/t17-,20+,21-,22+,23+,24-,25+/m1/s1. The molecule has 1 aromatic carbocycles.